The van der Waals surface area contributed by atoms with Gasteiger partial charge < -0.3 is 15.4 Å². The molecule has 1 heterocycles. The molecule has 2 N–H and O–H groups in total. The third-order valence-corrected chi connectivity index (χ3v) is 2.77. The first-order valence-electron chi connectivity index (χ1n) is 5.47. The fraction of sp³-hybridized carbons (Fsp3) is 1.00. The van der Waals surface area contributed by atoms with E-state index in [2.05, 4.69) is 10.6 Å². The summed E-state index contributed by atoms with van der Waals surface area (Å²) >= 11 is 0. The molecule has 0 bridgehead atoms. The number of halogens is 3. The first-order valence-corrected chi connectivity index (χ1v) is 5.47. The largest absolute Gasteiger partial charge is 0.390 e. The van der Waals surface area contributed by atoms with E-state index in [9.17, 15) is 13.2 Å². The molecule has 0 amide bonds. The second-order valence-electron chi connectivity index (χ2n) is 4.33. The second kappa shape index (κ2) is 5.84. The van der Waals surface area contributed by atoms with Gasteiger partial charge >= 0.3 is 6.18 Å². The predicted molar refractivity (Wildman–Crippen MR) is 55.3 cm³/mol. The molecule has 0 aromatic rings. The fourth-order valence-electron chi connectivity index (χ4n) is 1.88. The van der Waals surface area contributed by atoms with Gasteiger partial charge in [0, 0.05) is 32.3 Å². The molecule has 0 saturated carbocycles. The first kappa shape index (κ1) is 13.7. The van der Waals surface area contributed by atoms with Crippen LogP contribution in [0.15, 0.2) is 0 Å². The molecule has 3 atom stereocenters. The van der Waals surface area contributed by atoms with E-state index in [1.165, 1.54) is 0 Å². The Kier molecular flexibility index (Phi) is 5.01. The lowest BCUT2D eigenvalue weighted by Gasteiger charge is -2.18. The zero-order valence-corrected chi connectivity index (χ0v) is 9.60. The minimum atomic E-state index is -4.09. The highest BCUT2D eigenvalue weighted by molar-refractivity contribution is 4.84. The second-order valence-corrected chi connectivity index (χ2v) is 4.33. The fourth-order valence-corrected chi connectivity index (χ4v) is 1.88. The summed E-state index contributed by atoms with van der Waals surface area (Å²) < 4.78 is 41.3. The monoisotopic (exact) mass is 240 g/mol. The molecule has 3 nitrogen and oxygen atoms in total. The third-order valence-electron chi connectivity index (χ3n) is 2.77. The van der Waals surface area contributed by atoms with Crippen molar-refractivity contribution in [1.82, 2.24) is 10.6 Å². The summed E-state index contributed by atoms with van der Waals surface area (Å²) in [7, 11) is 1.65. The molecular weight excluding hydrogens is 221 g/mol. The molecule has 96 valence electrons. The normalized spacial score (nSPS) is 28.3. The van der Waals surface area contributed by atoms with E-state index in [0.29, 0.717) is 6.54 Å². The number of hydrogen-bond donors (Lipinski definition) is 2. The Labute approximate surface area is 93.7 Å². The van der Waals surface area contributed by atoms with Crippen LogP contribution in [-0.4, -0.2) is 44.6 Å². The van der Waals surface area contributed by atoms with Crippen molar-refractivity contribution in [2.75, 3.05) is 20.2 Å². The van der Waals surface area contributed by atoms with Gasteiger partial charge in [-0.05, 0) is 13.3 Å². The van der Waals surface area contributed by atoms with Crippen molar-refractivity contribution in [3.63, 3.8) is 0 Å². The molecule has 16 heavy (non-hydrogen) atoms. The zero-order valence-electron chi connectivity index (χ0n) is 9.60. The van der Waals surface area contributed by atoms with Crippen LogP contribution in [0.5, 0.6) is 0 Å². The van der Waals surface area contributed by atoms with Gasteiger partial charge in [-0.1, -0.05) is 0 Å². The van der Waals surface area contributed by atoms with Crippen LogP contribution in [0.1, 0.15) is 19.8 Å². The van der Waals surface area contributed by atoms with Crippen molar-refractivity contribution in [1.29, 1.82) is 0 Å². The Bertz CT molecular complexity index is 211. The molecule has 0 aromatic heterocycles. The minimum absolute atomic E-state index is 0.185. The molecule has 1 rings (SSSR count). The highest BCUT2D eigenvalue weighted by Crippen LogP contribution is 2.21. The van der Waals surface area contributed by atoms with Crippen LogP contribution < -0.4 is 10.6 Å². The average molecular weight is 240 g/mol. The van der Waals surface area contributed by atoms with Crippen molar-refractivity contribution in [2.45, 2.75) is 44.1 Å². The lowest BCUT2D eigenvalue weighted by Crippen LogP contribution is -2.40. The van der Waals surface area contributed by atoms with E-state index < -0.39 is 18.6 Å². The van der Waals surface area contributed by atoms with Crippen molar-refractivity contribution in [3.8, 4) is 0 Å². The Morgan fingerprint density at radius 1 is 1.50 bits per heavy atom. The molecule has 0 radical (unpaired) electrons. The van der Waals surface area contributed by atoms with Crippen LogP contribution >= 0.6 is 0 Å². The van der Waals surface area contributed by atoms with Gasteiger partial charge in [-0.3, -0.25) is 0 Å². The summed E-state index contributed by atoms with van der Waals surface area (Å²) in [5.74, 6) is 0. The summed E-state index contributed by atoms with van der Waals surface area (Å²) in [6, 6.07) is -0.330. The van der Waals surface area contributed by atoms with Gasteiger partial charge in [0.15, 0.2) is 0 Å². The van der Waals surface area contributed by atoms with Crippen LogP contribution in [0.2, 0.25) is 0 Å². The van der Waals surface area contributed by atoms with Crippen molar-refractivity contribution >= 4 is 0 Å². The molecule has 6 heteroatoms. The first-order chi connectivity index (χ1) is 7.40. The Morgan fingerprint density at radius 3 is 2.69 bits per heavy atom. The number of methoxy groups -OCH3 is 1. The molecule has 1 fully saturated rings. The zero-order chi connectivity index (χ0) is 12.2. The molecule has 3 unspecified atom stereocenters. The lowest BCUT2D eigenvalue weighted by atomic mass is 10.1. The van der Waals surface area contributed by atoms with Gasteiger partial charge in [-0.2, -0.15) is 13.2 Å². The third kappa shape index (κ3) is 5.14. The standard InChI is InChI=1S/C10H19F3N2O/c1-7(4-10(11,12)13)14-5-8-3-9(16-2)6-15-8/h7-9,14-15H,3-6H2,1-2H3. The maximum Gasteiger partial charge on any atom is 0.390 e. The van der Waals surface area contributed by atoms with E-state index in [0.717, 1.165) is 13.0 Å². The van der Waals surface area contributed by atoms with E-state index in [1.807, 2.05) is 0 Å². The molecule has 1 saturated heterocycles. The number of nitrogens with one attached hydrogen (secondary N) is 2. The smallest absolute Gasteiger partial charge is 0.380 e. The summed E-state index contributed by atoms with van der Waals surface area (Å²) in [4.78, 5) is 0. The maximum atomic E-state index is 12.0. The Morgan fingerprint density at radius 2 is 2.19 bits per heavy atom. The van der Waals surface area contributed by atoms with Crippen LogP contribution in [0.25, 0.3) is 0 Å². The average Bonchev–Trinajstić information content (AvgIpc) is 2.59. The van der Waals surface area contributed by atoms with E-state index >= 15 is 0 Å². The van der Waals surface area contributed by atoms with Crippen LogP contribution in [-0.2, 0) is 4.74 Å². The van der Waals surface area contributed by atoms with Crippen LogP contribution in [0.3, 0.4) is 0 Å². The highest BCUT2D eigenvalue weighted by atomic mass is 19.4. The van der Waals surface area contributed by atoms with Crippen molar-refractivity contribution < 1.29 is 17.9 Å². The van der Waals surface area contributed by atoms with Gasteiger partial charge in [0.2, 0.25) is 0 Å². The number of ether oxygens (including phenoxy) is 1. The summed E-state index contributed by atoms with van der Waals surface area (Å²) in [6.45, 7) is 2.88. The molecule has 0 aromatic carbocycles. The Hall–Kier alpha value is -0.330. The number of alkyl halides is 3. The number of rotatable bonds is 5. The van der Waals surface area contributed by atoms with Crippen LogP contribution in [0.4, 0.5) is 13.2 Å². The molecule has 0 aliphatic carbocycles. The maximum absolute atomic E-state index is 12.0. The van der Waals surface area contributed by atoms with Gasteiger partial charge in [0.25, 0.3) is 0 Å². The van der Waals surface area contributed by atoms with Gasteiger partial charge in [0.1, 0.15) is 0 Å². The van der Waals surface area contributed by atoms with Crippen molar-refractivity contribution in [2.24, 2.45) is 0 Å². The van der Waals surface area contributed by atoms with Crippen molar-refractivity contribution in [3.05, 3.63) is 0 Å². The minimum Gasteiger partial charge on any atom is -0.380 e. The highest BCUT2D eigenvalue weighted by Gasteiger charge is 2.30. The van der Waals surface area contributed by atoms with E-state index in [4.69, 9.17) is 4.74 Å². The summed E-state index contributed by atoms with van der Waals surface area (Å²) in [5, 5.41) is 6.09. The SMILES string of the molecule is COC1CNC(CNC(C)CC(F)(F)F)C1. The molecular formula is C10H19F3N2O. The van der Waals surface area contributed by atoms with E-state index in [1.54, 1.807) is 14.0 Å². The molecule has 1 aliphatic rings. The topological polar surface area (TPSA) is 33.3 Å². The summed E-state index contributed by atoms with van der Waals surface area (Å²) in [6.07, 6.45) is -3.84. The Balaban J connectivity index is 2.15. The number of hydrogen-bond acceptors (Lipinski definition) is 3. The summed E-state index contributed by atoms with van der Waals surface area (Å²) in [5.41, 5.74) is 0. The molecule has 1 aliphatic heterocycles. The molecule has 0 spiro atoms. The predicted octanol–water partition coefficient (Wildman–Crippen LogP) is 1.29. The lowest BCUT2D eigenvalue weighted by molar-refractivity contribution is -0.139. The van der Waals surface area contributed by atoms with Gasteiger partial charge in [-0.15, -0.1) is 0 Å². The van der Waals surface area contributed by atoms with E-state index in [-0.39, 0.29) is 12.1 Å². The van der Waals surface area contributed by atoms with Gasteiger partial charge in [0.05, 0.1) is 12.5 Å². The quantitative estimate of drug-likeness (QED) is 0.760. The van der Waals surface area contributed by atoms with Gasteiger partial charge in [-0.25, -0.2) is 0 Å². The van der Waals surface area contributed by atoms with Crippen LogP contribution in [0, 0.1) is 0 Å².